The first-order valence-corrected chi connectivity index (χ1v) is 7.05. The largest absolute Gasteiger partial charge is 0.494 e. The van der Waals surface area contributed by atoms with E-state index in [0.29, 0.717) is 23.4 Å². The molecule has 3 heteroatoms. The molecule has 0 aliphatic heterocycles. The van der Waals surface area contributed by atoms with E-state index in [2.05, 4.69) is 45.3 Å². The number of nitrogens with two attached hydrogens (primary N) is 1. The maximum Gasteiger partial charge on any atom is 0.119 e. The molecule has 1 unspecified atom stereocenters. The standard InChI is InChI=1S/C16H26N2O/c1-6-19-12-9-7-8-11(10-12)13(18-17)14-15(2,3)16(14,4)5/h7-10,13-14,18H,6,17H2,1-5H3. The number of benzene rings is 1. The van der Waals surface area contributed by atoms with E-state index in [1.54, 1.807) is 0 Å². The highest BCUT2D eigenvalue weighted by atomic mass is 16.5. The molecule has 1 aromatic rings. The van der Waals surface area contributed by atoms with E-state index in [1.807, 2.05) is 19.1 Å². The predicted octanol–water partition coefficient (Wildman–Crippen LogP) is 3.27. The van der Waals surface area contributed by atoms with Crippen LogP contribution < -0.4 is 16.0 Å². The van der Waals surface area contributed by atoms with E-state index >= 15 is 0 Å². The monoisotopic (exact) mass is 262 g/mol. The van der Waals surface area contributed by atoms with Gasteiger partial charge in [0.15, 0.2) is 0 Å². The zero-order valence-corrected chi connectivity index (χ0v) is 12.7. The molecule has 0 heterocycles. The fourth-order valence-electron chi connectivity index (χ4n) is 3.43. The molecule has 1 aliphatic carbocycles. The van der Waals surface area contributed by atoms with Crippen molar-refractivity contribution < 1.29 is 4.74 Å². The van der Waals surface area contributed by atoms with Crippen molar-refractivity contribution in [3.05, 3.63) is 29.8 Å². The van der Waals surface area contributed by atoms with E-state index in [1.165, 1.54) is 5.56 Å². The highest BCUT2D eigenvalue weighted by molar-refractivity contribution is 5.33. The van der Waals surface area contributed by atoms with Crippen molar-refractivity contribution in [3.8, 4) is 5.75 Å². The van der Waals surface area contributed by atoms with Crippen molar-refractivity contribution in [2.45, 2.75) is 40.7 Å². The minimum atomic E-state index is 0.172. The Labute approximate surface area is 116 Å². The van der Waals surface area contributed by atoms with Gasteiger partial charge in [-0.2, -0.15) is 0 Å². The summed E-state index contributed by atoms with van der Waals surface area (Å²) < 4.78 is 5.58. The highest BCUT2D eigenvalue weighted by Gasteiger charge is 2.67. The second-order valence-electron chi connectivity index (χ2n) is 6.57. The van der Waals surface area contributed by atoms with E-state index in [-0.39, 0.29) is 6.04 Å². The summed E-state index contributed by atoms with van der Waals surface area (Å²) in [6.45, 7) is 11.9. The van der Waals surface area contributed by atoms with Gasteiger partial charge in [-0.3, -0.25) is 11.3 Å². The Balaban J connectivity index is 2.26. The molecular formula is C16H26N2O. The van der Waals surface area contributed by atoms with Crippen molar-refractivity contribution >= 4 is 0 Å². The molecule has 19 heavy (non-hydrogen) atoms. The summed E-state index contributed by atoms with van der Waals surface area (Å²) in [6.07, 6.45) is 0. The van der Waals surface area contributed by atoms with Crippen LogP contribution in [0.15, 0.2) is 24.3 Å². The molecule has 0 bridgehead atoms. The van der Waals surface area contributed by atoms with Crippen LogP contribution in [0.1, 0.15) is 46.2 Å². The first kappa shape index (κ1) is 14.4. The lowest BCUT2D eigenvalue weighted by Gasteiger charge is -2.19. The van der Waals surface area contributed by atoms with Crippen molar-refractivity contribution in [1.82, 2.24) is 5.43 Å². The minimum absolute atomic E-state index is 0.172. The lowest BCUT2D eigenvalue weighted by molar-refractivity contribution is 0.338. The van der Waals surface area contributed by atoms with Crippen LogP contribution in [-0.4, -0.2) is 6.61 Å². The third-order valence-corrected chi connectivity index (χ3v) is 5.17. The van der Waals surface area contributed by atoms with E-state index < -0.39 is 0 Å². The van der Waals surface area contributed by atoms with Gasteiger partial charge >= 0.3 is 0 Å². The van der Waals surface area contributed by atoms with Gasteiger partial charge in [-0.1, -0.05) is 39.8 Å². The normalized spacial score (nSPS) is 22.0. The van der Waals surface area contributed by atoms with Gasteiger partial charge in [0.05, 0.1) is 6.61 Å². The highest BCUT2D eigenvalue weighted by Crippen LogP contribution is 2.72. The number of hydrogen-bond acceptors (Lipinski definition) is 3. The maximum atomic E-state index is 5.82. The van der Waals surface area contributed by atoms with E-state index in [0.717, 1.165) is 5.75 Å². The van der Waals surface area contributed by atoms with Crippen molar-refractivity contribution in [2.75, 3.05) is 6.61 Å². The molecule has 1 aliphatic rings. The molecule has 106 valence electrons. The molecule has 0 saturated heterocycles. The van der Waals surface area contributed by atoms with Gasteiger partial charge in [0.25, 0.3) is 0 Å². The van der Waals surface area contributed by atoms with Crippen molar-refractivity contribution in [1.29, 1.82) is 0 Å². The number of nitrogens with one attached hydrogen (secondary N) is 1. The fourth-order valence-corrected chi connectivity index (χ4v) is 3.43. The molecule has 1 fully saturated rings. The van der Waals surface area contributed by atoms with Gasteiger partial charge in [0.1, 0.15) is 5.75 Å². The summed E-state index contributed by atoms with van der Waals surface area (Å²) >= 11 is 0. The smallest absolute Gasteiger partial charge is 0.119 e. The second-order valence-corrected chi connectivity index (χ2v) is 6.57. The van der Waals surface area contributed by atoms with Gasteiger partial charge in [-0.05, 0) is 41.4 Å². The molecular weight excluding hydrogens is 236 g/mol. The quantitative estimate of drug-likeness (QED) is 0.632. The summed E-state index contributed by atoms with van der Waals surface area (Å²) in [5.41, 5.74) is 4.81. The Bertz CT molecular complexity index is 440. The molecule has 0 amide bonds. The minimum Gasteiger partial charge on any atom is -0.494 e. The lowest BCUT2D eigenvalue weighted by Crippen LogP contribution is -2.31. The first-order valence-electron chi connectivity index (χ1n) is 7.05. The molecule has 1 atom stereocenters. The third-order valence-electron chi connectivity index (χ3n) is 5.17. The maximum absolute atomic E-state index is 5.82. The van der Waals surface area contributed by atoms with Gasteiger partial charge < -0.3 is 4.74 Å². The molecule has 2 rings (SSSR count). The Morgan fingerprint density at radius 3 is 2.37 bits per heavy atom. The molecule has 0 aromatic heterocycles. The SMILES string of the molecule is CCOc1cccc(C(NN)C2C(C)(C)C2(C)C)c1. The van der Waals surface area contributed by atoms with Crippen LogP contribution in [0.2, 0.25) is 0 Å². The fraction of sp³-hybridized carbons (Fsp3) is 0.625. The number of rotatable bonds is 5. The van der Waals surface area contributed by atoms with Crippen molar-refractivity contribution in [2.24, 2.45) is 22.6 Å². The molecule has 3 nitrogen and oxygen atoms in total. The Kier molecular flexibility index (Phi) is 3.63. The molecule has 1 aromatic carbocycles. The molecule has 1 saturated carbocycles. The zero-order valence-electron chi connectivity index (χ0n) is 12.7. The number of hydrogen-bond donors (Lipinski definition) is 2. The summed E-state index contributed by atoms with van der Waals surface area (Å²) in [6, 6.07) is 8.41. The van der Waals surface area contributed by atoms with Gasteiger partial charge in [-0.25, -0.2) is 0 Å². The van der Waals surface area contributed by atoms with Crippen LogP contribution in [0.4, 0.5) is 0 Å². The van der Waals surface area contributed by atoms with Crippen LogP contribution in [0.5, 0.6) is 5.75 Å². The van der Waals surface area contributed by atoms with Crippen LogP contribution in [-0.2, 0) is 0 Å². The number of hydrazine groups is 1. The first-order chi connectivity index (χ1) is 8.86. The summed E-state index contributed by atoms with van der Waals surface area (Å²) in [5.74, 6) is 7.26. The Morgan fingerprint density at radius 1 is 1.26 bits per heavy atom. The van der Waals surface area contributed by atoms with E-state index in [4.69, 9.17) is 10.6 Å². The summed E-state index contributed by atoms with van der Waals surface area (Å²) in [7, 11) is 0. The predicted molar refractivity (Wildman–Crippen MR) is 78.7 cm³/mol. The van der Waals surface area contributed by atoms with Gasteiger partial charge in [0, 0.05) is 6.04 Å². The Hall–Kier alpha value is -1.06. The summed E-state index contributed by atoms with van der Waals surface area (Å²) in [5, 5.41) is 0. The topological polar surface area (TPSA) is 47.3 Å². The summed E-state index contributed by atoms with van der Waals surface area (Å²) in [4.78, 5) is 0. The van der Waals surface area contributed by atoms with Crippen LogP contribution in [0, 0.1) is 16.7 Å². The Morgan fingerprint density at radius 2 is 1.89 bits per heavy atom. The third kappa shape index (κ3) is 2.26. The van der Waals surface area contributed by atoms with E-state index in [9.17, 15) is 0 Å². The average molecular weight is 262 g/mol. The number of ether oxygens (including phenoxy) is 1. The van der Waals surface area contributed by atoms with Gasteiger partial charge in [-0.15, -0.1) is 0 Å². The average Bonchev–Trinajstić information content (AvgIpc) is 2.74. The zero-order chi connectivity index (χ0) is 14.3. The second kappa shape index (κ2) is 4.80. The molecule has 0 radical (unpaired) electrons. The molecule has 3 N–H and O–H groups in total. The lowest BCUT2D eigenvalue weighted by atomic mass is 9.97. The molecule has 0 spiro atoms. The van der Waals surface area contributed by atoms with Crippen molar-refractivity contribution in [3.63, 3.8) is 0 Å². The van der Waals surface area contributed by atoms with Crippen LogP contribution in [0.25, 0.3) is 0 Å². The van der Waals surface area contributed by atoms with Crippen LogP contribution in [0.3, 0.4) is 0 Å². The van der Waals surface area contributed by atoms with Gasteiger partial charge in [0.2, 0.25) is 0 Å². The van der Waals surface area contributed by atoms with Crippen LogP contribution >= 0.6 is 0 Å².